The summed E-state index contributed by atoms with van der Waals surface area (Å²) in [4.78, 5) is 2.01. The second-order valence-electron chi connectivity index (χ2n) is 6.86. The van der Waals surface area contributed by atoms with Crippen molar-refractivity contribution in [3.8, 4) is 0 Å². The third kappa shape index (κ3) is 2.86. The molecule has 1 aliphatic heterocycles. The number of nitrogens with zero attached hydrogens (tertiary/aromatic N) is 5. The van der Waals surface area contributed by atoms with Crippen molar-refractivity contribution in [1.82, 2.24) is 19.8 Å². The molecule has 138 valence electrons. The van der Waals surface area contributed by atoms with Crippen molar-refractivity contribution in [2.45, 2.75) is 25.8 Å². The first-order valence-electron chi connectivity index (χ1n) is 8.55. The van der Waals surface area contributed by atoms with Crippen LogP contribution in [0.5, 0.6) is 0 Å². The molecule has 1 saturated heterocycles. The Balaban J connectivity index is 1.51. The Hall–Kier alpha value is -2.42. The summed E-state index contributed by atoms with van der Waals surface area (Å²) in [5.74, 6) is -2.19. The van der Waals surface area contributed by atoms with Crippen molar-refractivity contribution in [3.05, 3.63) is 41.5 Å². The Bertz CT molecular complexity index is 905. The lowest BCUT2D eigenvalue weighted by molar-refractivity contribution is 0.225. The maximum atomic E-state index is 14.2. The van der Waals surface area contributed by atoms with Crippen LogP contribution in [0, 0.1) is 18.8 Å². The van der Waals surface area contributed by atoms with Gasteiger partial charge >= 0.3 is 0 Å². The minimum absolute atomic E-state index is 0.248. The number of nitrogens with two attached hydrogens (primary N) is 1. The first kappa shape index (κ1) is 17.0. The van der Waals surface area contributed by atoms with Crippen molar-refractivity contribution in [2.75, 3.05) is 18.0 Å². The molecule has 3 atom stereocenters. The fourth-order valence-corrected chi connectivity index (χ4v) is 3.81. The van der Waals surface area contributed by atoms with Crippen molar-refractivity contribution < 1.29 is 13.2 Å². The van der Waals surface area contributed by atoms with Crippen LogP contribution in [0.15, 0.2) is 35.7 Å². The van der Waals surface area contributed by atoms with E-state index in [1.165, 1.54) is 0 Å². The van der Waals surface area contributed by atoms with Gasteiger partial charge in [0.15, 0.2) is 17.3 Å². The first-order chi connectivity index (χ1) is 12.4. The van der Waals surface area contributed by atoms with E-state index in [1.807, 2.05) is 24.0 Å². The number of anilines is 1. The van der Waals surface area contributed by atoms with Crippen LogP contribution in [0.25, 0.3) is 5.65 Å². The minimum Gasteiger partial charge on any atom is -0.354 e. The van der Waals surface area contributed by atoms with Gasteiger partial charge in [-0.1, -0.05) is 0 Å². The van der Waals surface area contributed by atoms with Crippen LogP contribution in [-0.2, 0) is 0 Å². The lowest BCUT2D eigenvalue weighted by Crippen LogP contribution is -2.51. The molecule has 26 heavy (non-hydrogen) atoms. The molecule has 2 aliphatic rings. The smallest absolute Gasteiger partial charge is 0.178 e. The third-order valence-corrected chi connectivity index (χ3v) is 5.24. The van der Waals surface area contributed by atoms with Gasteiger partial charge in [-0.05, 0) is 31.4 Å². The van der Waals surface area contributed by atoms with E-state index < -0.39 is 23.4 Å². The van der Waals surface area contributed by atoms with Crippen molar-refractivity contribution in [2.24, 2.45) is 17.6 Å². The predicted molar refractivity (Wildman–Crippen MR) is 90.4 cm³/mol. The summed E-state index contributed by atoms with van der Waals surface area (Å²) < 4.78 is 42.6. The number of hydrogen-bond acceptors (Lipinski definition) is 5. The van der Waals surface area contributed by atoms with E-state index in [1.54, 1.807) is 4.52 Å². The Labute approximate surface area is 148 Å². The fourth-order valence-electron chi connectivity index (χ4n) is 3.81. The highest BCUT2D eigenvalue weighted by atomic mass is 19.2. The first-order valence-corrected chi connectivity index (χ1v) is 8.55. The van der Waals surface area contributed by atoms with Crippen LogP contribution in [0.2, 0.25) is 0 Å². The molecule has 6 nitrogen and oxygen atoms in total. The summed E-state index contributed by atoms with van der Waals surface area (Å²) in [5, 5.41) is 12.5. The summed E-state index contributed by atoms with van der Waals surface area (Å²) in [6.07, 6.45) is 0.951. The highest BCUT2D eigenvalue weighted by molar-refractivity contribution is 5.46. The van der Waals surface area contributed by atoms with Gasteiger partial charge in [0.1, 0.15) is 17.5 Å². The van der Waals surface area contributed by atoms with Crippen molar-refractivity contribution in [1.29, 1.82) is 0 Å². The van der Waals surface area contributed by atoms with E-state index in [2.05, 4.69) is 15.3 Å². The maximum absolute atomic E-state index is 14.2. The summed E-state index contributed by atoms with van der Waals surface area (Å²) in [7, 11) is 0. The van der Waals surface area contributed by atoms with Crippen LogP contribution < -0.4 is 10.6 Å². The summed E-state index contributed by atoms with van der Waals surface area (Å²) in [6.45, 7) is 2.88. The molecule has 1 aliphatic carbocycles. The van der Waals surface area contributed by atoms with Crippen LogP contribution in [0.3, 0.4) is 0 Å². The van der Waals surface area contributed by atoms with Gasteiger partial charge in [0.25, 0.3) is 0 Å². The largest absolute Gasteiger partial charge is 0.354 e. The molecule has 1 fully saturated rings. The Morgan fingerprint density at radius 2 is 2.00 bits per heavy atom. The fraction of sp³-hybridized carbons (Fsp3) is 0.471. The highest BCUT2D eigenvalue weighted by Gasteiger charge is 2.38. The normalized spacial score (nSPS) is 27.2. The molecule has 0 saturated carbocycles. The zero-order chi connectivity index (χ0) is 18.4. The molecule has 0 radical (unpaired) electrons. The summed E-state index contributed by atoms with van der Waals surface area (Å²) >= 11 is 0. The van der Waals surface area contributed by atoms with Gasteiger partial charge in [-0.2, -0.15) is 4.52 Å². The Kier molecular flexibility index (Phi) is 4.18. The van der Waals surface area contributed by atoms with Gasteiger partial charge in [-0.15, -0.1) is 15.3 Å². The molecule has 2 aromatic rings. The molecule has 2 unspecified atom stereocenters. The molecule has 0 spiro atoms. The van der Waals surface area contributed by atoms with E-state index in [0.717, 1.165) is 5.82 Å². The molecule has 0 amide bonds. The maximum Gasteiger partial charge on any atom is 0.178 e. The average molecular weight is 364 g/mol. The highest BCUT2D eigenvalue weighted by Crippen LogP contribution is 2.40. The van der Waals surface area contributed by atoms with Gasteiger partial charge in [-0.3, -0.25) is 0 Å². The average Bonchev–Trinajstić information content (AvgIpc) is 2.99. The van der Waals surface area contributed by atoms with Gasteiger partial charge in [0, 0.05) is 37.5 Å². The molecule has 2 aromatic heterocycles. The monoisotopic (exact) mass is 364 g/mol. The molecule has 9 heteroatoms. The van der Waals surface area contributed by atoms with Crippen molar-refractivity contribution >= 4 is 11.5 Å². The van der Waals surface area contributed by atoms with E-state index in [0.29, 0.717) is 37.1 Å². The lowest BCUT2D eigenvalue weighted by atomic mass is 9.77. The zero-order valence-electron chi connectivity index (χ0n) is 14.2. The molecule has 3 heterocycles. The number of piperidine rings is 1. The SMILES string of the molecule is Cc1nnc2ccc(N3CC[C@H](C4CC(F)=C(F)C=C4F)C(N)C3)nn12. The minimum atomic E-state index is -1.12. The van der Waals surface area contributed by atoms with Gasteiger partial charge < -0.3 is 10.6 Å². The quantitative estimate of drug-likeness (QED) is 0.887. The topological polar surface area (TPSA) is 72.3 Å². The standard InChI is InChI=1S/C17H19F3N6/c1-9-22-23-16-2-3-17(24-26(9)16)25-5-4-10(15(21)8-25)11-6-13(19)14(20)7-12(11)18/h2-3,7,10-11,15H,4-6,8,21H2,1H3/t10-,11?,15?/m1/s1. The van der Waals surface area contributed by atoms with E-state index in [-0.39, 0.29) is 18.4 Å². The number of fused-ring (bicyclic) bond motifs is 1. The summed E-state index contributed by atoms with van der Waals surface area (Å²) in [5.41, 5.74) is 6.93. The van der Waals surface area contributed by atoms with E-state index in [4.69, 9.17) is 5.73 Å². The third-order valence-electron chi connectivity index (χ3n) is 5.24. The molecule has 0 aromatic carbocycles. The zero-order valence-corrected chi connectivity index (χ0v) is 14.2. The molecule has 4 rings (SSSR count). The van der Waals surface area contributed by atoms with Crippen LogP contribution >= 0.6 is 0 Å². The van der Waals surface area contributed by atoms with Gasteiger partial charge in [0.2, 0.25) is 0 Å². The van der Waals surface area contributed by atoms with Crippen LogP contribution in [0.1, 0.15) is 18.7 Å². The second-order valence-corrected chi connectivity index (χ2v) is 6.86. The Morgan fingerprint density at radius 3 is 2.77 bits per heavy atom. The van der Waals surface area contributed by atoms with E-state index >= 15 is 0 Å². The number of halogens is 3. The molecule has 0 bridgehead atoms. The van der Waals surface area contributed by atoms with Gasteiger partial charge in [0.05, 0.1) is 0 Å². The van der Waals surface area contributed by atoms with Crippen molar-refractivity contribution in [3.63, 3.8) is 0 Å². The number of allylic oxidation sites excluding steroid dienone is 4. The van der Waals surface area contributed by atoms with Crippen LogP contribution in [-0.4, -0.2) is 38.9 Å². The van der Waals surface area contributed by atoms with Crippen LogP contribution in [0.4, 0.5) is 19.0 Å². The lowest BCUT2D eigenvalue weighted by Gasteiger charge is -2.40. The van der Waals surface area contributed by atoms with Gasteiger partial charge in [-0.25, -0.2) is 13.2 Å². The molecular formula is C17H19F3N6. The summed E-state index contributed by atoms with van der Waals surface area (Å²) in [6, 6.07) is 3.29. The Morgan fingerprint density at radius 1 is 1.19 bits per heavy atom. The second kappa shape index (κ2) is 6.39. The van der Waals surface area contributed by atoms with E-state index in [9.17, 15) is 13.2 Å². The number of hydrogen-bond donors (Lipinski definition) is 1. The molecule has 2 N–H and O–H groups in total. The predicted octanol–water partition coefficient (Wildman–Crippen LogP) is 2.61. The number of aromatic nitrogens is 4. The number of aryl methyl sites for hydroxylation is 1. The number of rotatable bonds is 2. The molecular weight excluding hydrogens is 345 g/mol.